The standard InChI is InChI=1S/C19H15N3O3/c1-2-24-19(23)18-14(13-7-4-3-5-8-13)12-20-17-11-15(21-22(17)18)16-9-6-10-25-16/h3-12H,2H2,1H3. The molecule has 1 aromatic carbocycles. The fourth-order valence-electron chi connectivity index (χ4n) is 2.70. The van der Waals surface area contributed by atoms with Crippen molar-refractivity contribution in [1.82, 2.24) is 14.6 Å². The lowest BCUT2D eigenvalue weighted by molar-refractivity contribution is 0.0517. The van der Waals surface area contributed by atoms with Crippen LogP contribution in [0.2, 0.25) is 0 Å². The number of rotatable bonds is 4. The van der Waals surface area contributed by atoms with Crippen LogP contribution < -0.4 is 0 Å². The van der Waals surface area contributed by atoms with Gasteiger partial charge in [0.1, 0.15) is 5.69 Å². The lowest BCUT2D eigenvalue weighted by Crippen LogP contribution is -2.13. The summed E-state index contributed by atoms with van der Waals surface area (Å²) in [5.74, 6) is 0.171. The van der Waals surface area contributed by atoms with Crippen LogP contribution in [0.1, 0.15) is 17.4 Å². The molecule has 0 saturated carbocycles. The monoisotopic (exact) mass is 333 g/mol. The van der Waals surface area contributed by atoms with E-state index in [-0.39, 0.29) is 6.61 Å². The third-order valence-electron chi connectivity index (χ3n) is 3.81. The fourth-order valence-corrected chi connectivity index (χ4v) is 2.70. The highest BCUT2D eigenvalue weighted by Gasteiger charge is 2.21. The summed E-state index contributed by atoms with van der Waals surface area (Å²) in [7, 11) is 0. The zero-order valence-electron chi connectivity index (χ0n) is 13.5. The summed E-state index contributed by atoms with van der Waals surface area (Å²) in [5, 5.41) is 4.50. The smallest absolute Gasteiger partial charge is 0.357 e. The number of esters is 1. The Balaban J connectivity index is 1.96. The number of furan rings is 1. The lowest BCUT2D eigenvalue weighted by atomic mass is 10.1. The highest BCUT2D eigenvalue weighted by Crippen LogP contribution is 2.27. The molecule has 0 aliphatic rings. The van der Waals surface area contributed by atoms with Crippen LogP contribution in [-0.2, 0) is 4.74 Å². The van der Waals surface area contributed by atoms with Crippen molar-refractivity contribution < 1.29 is 13.9 Å². The number of hydrogen-bond donors (Lipinski definition) is 0. The second kappa shape index (κ2) is 6.24. The minimum atomic E-state index is -0.442. The summed E-state index contributed by atoms with van der Waals surface area (Å²) >= 11 is 0. The van der Waals surface area contributed by atoms with Gasteiger partial charge in [-0.25, -0.2) is 14.3 Å². The van der Waals surface area contributed by atoms with Crippen LogP contribution in [0, 0.1) is 0 Å². The molecule has 0 saturated heterocycles. The Labute approximate surface area is 143 Å². The summed E-state index contributed by atoms with van der Waals surface area (Å²) in [6.45, 7) is 2.05. The first-order valence-corrected chi connectivity index (χ1v) is 7.93. The van der Waals surface area contributed by atoms with Gasteiger partial charge in [-0.1, -0.05) is 30.3 Å². The minimum Gasteiger partial charge on any atom is -0.463 e. The van der Waals surface area contributed by atoms with Crippen LogP contribution >= 0.6 is 0 Å². The normalized spacial score (nSPS) is 10.9. The van der Waals surface area contributed by atoms with Crippen molar-refractivity contribution in [2.24, 2.45) is 0 Å². The Morgan fingerprint density at radius 1 is 1.20 bits per heavy atom. The van der Waals surface area contributed by atoms with Crippen LogP contribution in [0.3, 0.4) is 0 Å². The van der Waals surface area contributed by atoms with E-state index in [1.165, 1.54) is 4.52 Å². The number of carbonyl (C=O) groups is 1. The van der Waals surface area contributed by atoms with Gasteiger partial charge in [0.2, 0.25) is 0 Å². The molecule has 124 valence electrons. The third kappa shape index (κ3) is 2.67. The molecule has 25 heavy (non-hydrogen) atoms. The zero-order valence-corrected chi connectivity index (χ0v) is 13.5. The number of nitrogens with zero attached hydrogens (tertiary/aromatic N) is 3. The molecule has 0 bridgehead atoms. The molecule has 6 heteroatoms. The topological polar surface area (TPSA) is 69.6 Å². The second-order valence-corrected chi connectivity index (χ2v) is 5.38. The largest absolute Gasteiger partial charge is 0.463 e. The van der Waals surface area contributed by atoms with Gasteiger partial charge < -0.3 is 9.15 Å². The van der Waals surface area contributed by atoms with Crippen molar-refractivity contribution in [1.29, 1.82) is 0 Å². The summed E-state index contributed by atoms with van der Waals surface area (Å²) < 4.78 is 12.2. The Bertz CT molecular complexity index is 1020. The molecule has 3 heterocycles. The Morgan fingerprint density at radius 3 is 2.76 bits per heavy atom. The maximum atomic E-state index is 12.6. The highest BCUT2D eigenvalue weighted by molar-refractivity contribution is 5.96. The molecule has 0 radical (unpaired) electrons. The molecule has 4 rings (SSSR count). The molecule has 6 nitrogen and oxygen atoms in total. The molecular weight excluding hydrogens is 318 g/mol. The van der Waals surface area contributed by atoms with E-state index < -0.39 is 5.97 Å². The first-order valence-electron chi connectivity index (χ1n) is 7.93. The summed E-state index contributed by atoms with van der Waals surface area (Å²) in [6.07, 6.45) is 3.25. The van der Waals surface area contributed by atoms with Gasteiger partial charge in [-0.15, -0.1) is 0 Å². The highest BCUT2D eigenvalue weighted by atomic mass is 16.5. The zero-order chi connectivity index (χ0) is 17.2. The van der Waals surface area contributed by atoms with E-state index in [1.54, 1.807) is 31.5 Å². The fraction of sp³-hybridized carbons (Fsp3) is 0.105. The van der Waals surface area contributed by atoms with Crippen LogP contribution in [0.25, 0.3) is 28.2 Å². The van der Waals surface area contributed by atoms with Crippen molar-refractivity contribution in [3.05, 3.63) is 66.7 Å². The minimum absolute atomic E-state index is 0.281. The lowest BCUT2D eigenvalue weighted by Gasteiger charge is -2.10. The second-order valence-electron chi connectivity index (χ2n) is 5.38. The number of benzene rings is 1. The molecule has 0 unspecified atom stereocenters. The van der Waals surface area contributed by atoms with Crippen LogP contribution in [0.15, 0.2) is 65.4 Å². The first kappa shape index (κ1) is 15.1. The first-order chi connectivity index (χ1) is 12.3. The van der Waals surface area contributed by atoms with Gasteiger partial charge in [0.15, 0.2) is 17.1 Å². The average Bonchev–Trinajstić information content (AvgIpc) is 3.31. The van der Waals surface area contributed by atoms with Crippen molar-refractivity contribution >= 4 is 11.6 Å². The Morgan fingerprint density at radius 2 is 2.04 bits per heavy atom. The van der Waals surface area contributed by atoms with E-state index in [4.69, 9.17) is 9.15 Å². The van der Waals surface area contributed by atoms with Gasteiger partial charge >= 0.3 is 5.97 Å². The van der Waals surface area contributed by atoms with Gasteiger partial charge in [0, 0.05) is 17.8 Å². The van der Waals surface area contributed by atoms with E-state index in [1.807, 2.05) is 36.4 Å². The molecule has 0 aliphatic heterocycles. The number of carbonyl (C=O) groups excluding carboxylic acids is 1. The molecule has 0 spiro atoms. The predicted octanol–water partition coefficient (Wildman–Crippen LogP) is 3.83. The third-order valence-corrected chi connectivity index (χ3v) is 3.81. The van der Waals surface area contributed by atoms with E-state index in [0.717, 1.165) is 5.56 Å². The van der Waals surface area contributed by atoms with Crippen molar-refractivity contribution in [3.8, 4) is 22.6 Å². The summed E-state index contributed by atoms with van der Waals surface area (Å²) in [4.78, 5) is 17.1. The molecule has 0 fully saturated rings. The molecule has 3 aromatic heterocycles. The number of aromatic nitrogens is 3. The van der Waals surface area contributed by atoms with Gasteiger partial charge in [0.25, 0.3) is 0 Å². The van der Waals surface area contributed by atoms with E-state index >= 15 is 0 Å². The van der Waals surface area contributed by atoms with E-state index in [2.05, 4.69) is 10.1 Å². The van der Waals surface area contributed by atoms with Crippen LogP contribution in [-0.4, -0.2) is 27.2 Å². The van der Waals surface area contributed by atoms with Crippen LogP contribution in [0.4, 0.5) is 0 Å². The molecule has 0 N–H and O–H groups in total. The molecular formula is C19H15N3O3. The molecule has 0 amide bonds. The van der Waals surface area contributed by atoms with Crippen molar-refractivity contribution in [2.45, 2.75) is 6.92 Å². The quantitative estimate of drug-likeness (QED) is 0.531. The Hall–Kier alpha value is -3.41. The Kier molecular flexibility index (Phi) is 3.78. The summed E-state index contributed by atoms with van der Waals surface area (Å²) in [6, 6.07) is 14.9. The average molecular weight is 333 g/mol. The maximum absolute atomic E-state index is 12.6. The molecule has 0 atom stereocenters. The van der Waals surface area contributed by atoms with Gasteiger partial charge in [-0.05, 0) is 24.6 Å². The van der Waals surface area contributed by atoms with Crippen molar-refractivity contribution in [2.75, 3.05) is 6.61 Å². The van der Waals surface area contributed by atoms with Crippen LogP contribution in [0.5, 0.6) is 0 Å². The van der Waals surface area contributed by atoms with Gasteiger partial charge in [0.05, 0.1) is 12.9 Å². The van der Waals surface area contributed by atoms with E-state index in [0.29, 0.717) is 28.4 Å². The molecule has 0 aliphatic carbocycles. The molecule has 4 aromatic rings. The SMILES string of the molecule is CCOC(=O)c1c(-c2ccccc2)cnc2cc(-c3ccco3)nn12. The number of hydrogen-bond acceptors (Lipinski definition) is 5. The van der Waals surface area contributed by atoms with Gasteiger partial charge in [-0.3, -0.25) is 0 Å². The number of ether oxygens (including phenoxy) is 1. The summed E-state index contributed by atoms with van der Waals surface area (Å²) in [5.41, 5.74) is 3.04. The van der Waals surface area contributed by atoms with Gasteiger partial charge in [-0.2, -0.15) is 5.10 Å². The number of fused-ring (bicyclic) bond motifs is 1. The predicted molar refractivity (Wildman–Crippen MR) is 92.1 cm³/mol. The maximum Gasteiger partial charge on any atom is 0.357 e. The van der Waals surface area contributed by atoms with E-state index in [9.17, 15) is 4.79 Å². The van der Waals surface area contributed by atoms with Crippen molar-refractivity contribution in [3.63, 3.8) is 0 Å².